The van der Waals surface area contributed by atoms with Gasteiger partial charge in [0.1, 0.15) is 29.3 Å². The summed E-state index contributed by atoms with van der Waals surface area (Å²) in [4.78, 5) is 47.4. The molecule has 0 saturated carbocycles. The lowest BCUT2D eigenvalue weighted by molar-refractivity contribution is -0.456. The van der Waals surface area contributed by atoms with Crippen LogP contribution in [0.4, 0.5) is 0 Å². The summed E-state index contributed by atoms with van der Waals surface area (Å²) in [6, 6.07) is 4.10. The Balaban J connectivity index is 2.04. The number of aliphatic hydroxyl groups is 2. The maximum atomic E-state index is 13.3. The van der Waals surface area contributed by atoms with Crippen LogP contribution in [-0.2, 0) is 29.1 Å². The van der Waals surface area contributed by atoms with Crippen molar-refractivity contribution in [1.82, 2.24) is 0 Å². The minimum Gasteiger partial charge on any atom is -0.507 e. The summed E-state index contributed by atoms with van der Waals surface area (Å²) in [6.45, 7) is 5.82. The summed E-state index contributed by atoms with van der Waals surface area (Å²) in [5.41, 5.74) is 0.933. The number of aliphatic hydroxyl groups excluding tert-OH is 2. The van der Waals surface area contributed by atoms with Crippen molar-refractivity contribution in [1.29, 1.82) is 0 Å². The second kappa shape index (κ2) is 13.9. The third-order valence-corrected chi connectivity index (χ3v) is 6.28. The van der Waals surface area contributed by atoms with E-state index in [0.29, 0.717) is 0 Å². The van der Waals surface area contributed by atoms with Gasteiger partial charge in [0.25, 0.3) is 0 Å². The fourth-order valence-electron chi connectivity index (χ4n) is 4.38. The van der Waals surface area contributed by atoms with Gasteiger partial charge in [-0.25, -0.2) is 19.6 Å². The van der Waals surface area contributed by atoms with E-state index < -0.39 is 54.1 Å². The number of benzene rings is 1. The average molecular weight is 549 g/mol. The highest BCUT2D eigenvalue weighted by molar-refractivity contribution is 6.08. The number of carbonyl (C=O) groups is 2. The van der Waals surface area contributed by atoms with E-state index in [1.54, 1.807) is 19.9 Å². The van der Waals surface area contributed by atoms with E-state index in [4.69, 9.17) is 29.0 Å². The summed E-state index contributed by atoms with van der Waals surface area (Å²) in [7, 11) is 0. The van der Waals surface area contributed by atoms with Crippen LogP contribution in [0, 0.1) is 5.92 Å². The number of phenols is 1. The van der Waals surface area contributed by atoms with Crippen molar-refractivity contribution in [2.75, 3.05) is 19.8 Å². The number of ether oxygens (including phenoxy) is 2. The second-order valence-corrected chi connectivity index (χ2v) is 9.19. The van der Waals surface area contributed by atoms with Crippen LogP contribution >= 0.6 is 0 Å². The third kappa shape index (κ3) is 7.00. The summed E-state index contributed by atoms with van der Waals surface area (Å²) in [5, 5.41) is 31.4. The van der Waals surface area contributed by atoms with Gasteiger partial charge in [-0.15, -0.1) is 0 Å². The summed E-state index contributed by atoms with van der Waals surface area (Å²) < 4.78 is 11.9. The van der Waals surface area contributed by atoms with Crippen LogP contribution in [0.3, 0.4) is 0 Å². The molecule has 1 aromatic carbocycles. The number of ketones is 2. The van der Waals surface area contributed by atoms with Gasteiger partial charge in [-0.3, -0.25) is 9.59 Å². The van der Waals surface area contributed by atoms with Crippen LogP contribution in [0.15, 0.2) is 54.2 Å². The largest absolute Gasteiger partial charge is 0.507 e. The van der Waals surface area contributed by atoms with Crippen LogP contribution in [0.2, 0.25) is 0 Å². The smallest absolute Gasteiger partial charge is 0.303 e. The SMILES string of the molecule is CCOO[C@H]1[C@H](O)[C@@H](CO)O[C@](Oc2cccc(O)c2C(=O)C=CC2C=CC=C(C)C2)(C(C)=O)[C@@H]1OOCC. The van der Waals surface area contributed by atoms with E-state index in [1.807, 2.05) is 25.2 Å². The van der Waals surface area contributed by atoms with Crippen LogP contribution in [0.5, 0.6) is 11.5 Å². The number of allylic oxidation sites excluding steroid dienone is 6. The molecule has 1 heterocycles. The van der Waals surface area contributed by atoms with Crippen molar-refractivity contribution in [2.24, 2.45) is 5.92 Å². The third-order valence-electron chi connectivity index (χ3n) is 6.28. The molecule has 0 aromatic heterocycles. The van der Waals surface area contributed by atoms with E-state index in [-0.39, 0.29) is 30.4 Å². The zero-order chi connectivity index (χ0) is 28.6. The molecule has 3 N–H and O–H groups in total. The van der Waals surface area contributed by atoms with Gasteiger partial charge in [0.2, 0.25) is 5.78 Å². The van der Waals surface area contributed by atoms with Gasteiger partial charge in [-0.05, 0) is 51.3 Å². The predicted molar refractivity (Wildman–Crippen MR) is 138 cm³/mol. The van der Waals surface area contributed by atoms with Crippen molar-refractivity contribution in [3.8, 4) is 11.5 Å². The van der Waals surface area contributed by atoms with Crippen molar-refractivity contribution in [3.63, 3.8) is 0 Å². The molecule has 0 bridgehead atoms. The standard InChI is InChI=1S/C28H36O11/c1-5-34-38-26-25(33)23(16-29)37-28(18(4)30,27(26)39-35-6-2)36-22-12-8-11-20(31)24(22)21(32)14-13-19-10-7-9-17(3)15-19/h7-14,19,23,25-27,29,31,33H,5-6,15-16H2,1-4H3/t19?,23-,25-,26+,27-,28-/m1/s1. The lowest BCUT2D eigenvalue weighted by Gasteiger charge is -2.48. The average Bonchev–Trinajstić information content (AvgIpc) is 2.91. The molecule has 1 aliphatic heterocycles. The molecule has 0 amide bonds. The Kier molecular flexibility index (Phi) is 11.0. The first-order chi connectivity index (χ1) is 18.7. The number of Topliss-reactive ketones (excluding diaryl/α,β-unsaturated/α-hetero) is 1. The van der Waals surface area contributed by atoms with Crippen LogP contribution in [-0.4, -0.2) is 76.9 Å². The monoisotopic (exact) mass is 548 g/mol. The second-order valence-electron chi connectivity index (χ2n) is 9.19. The highest BCUT2D eigenvalue weighted by Crippen LogP contribution is 2.40. The van der Waals surface area contributed by atoms with Gasteiger partial charge in [-0.1, -0.05) is 35.9 Å². The Labute approximate surface area is 227 Å². The maximum Gasteiger partial charge on any atom is 0.303 e. The number of aromatic hydroxyl groups is 1. The van der Waals surface area contributed by atoms with Crippen molar-refractivity contribution in [3.05, 3.63) is 59.7 Å². The zero-order valence-electron chi connectivity index (χ0n) is 22.4. The Morgan fingerprint density at radius 3 is 2.54 bits per heavy atom. The van der Waals surface area contributed by atoms with Gasteiger partial charge < -0.3 is 24.8 Å². The van der Waals surface area contributed by atoms with Gasteiger partial charge >= 0.3 is 5.79 Å². The van der Waals surface area contributed by atoms with Gasteiger partial charge in [0, 0.05) is 6.92 Å². The molecular weight excluding hydrogens is 512 g/mol. The van der Waals surface area contributed by atoms with Gasteiger partial charge in [0.05, 0.1) is 19.8 Å². The van der Waals surface area contributed by atoms with E-state index in [1.165, 1.54) is 24.3 Å². The quantitative estimate of drug-likeness (QED) is 0.144. The number of phenolic OH excluding ortho intramolecular Hbond substituents is 1. The van der Waals surface area contributed by atoms with Crippen LogP contribution in [0.1, 0.15) is 44.5 Å². The molecule has 39 heavy (non-hydrogen) atoms. The molecule has 0 radical (unpaired) electrons. The summed E-state index contributed by atoms with van der Waals surface area (Å²) in [5.74, 6) is -4.33. The minimum absolute atomic E-state index is 0.00772. The number of rotatable bonds is 13. The molecule has 1 fully saturated rings. The lowest BCUT2D eigenvalue weighted by Crippen LogP contribution is -2.71. The van der Waals surface area contributed by atoms with E-state index in [0.717, 1.165) is 18.9 Å². The van der Waals surface area contributed by atoms with E-state index >= 15 is 0 Å². The van der Waals surface area contributed by atoms with Gasteiger partial charge in [-0.2, -0.15) is 0 Å². The first kappa shape index (κ1) is 30.6. The Morgan fingerprint density at radius 2 is 1.90 bits per heavy atom. The van der Waals surface area contributed by atoms with Gasteiger partial charge in [0.15, 0.2) is 18.0 Å². The molecule has 11 heteroatoms. The molecule has 11 nitrogen and oxygen atoms in total. The first-order valence-electron chi connectivity index (χ1n) is 12.8. The Hall–Kier alpha value is -2.90. The fraction of sp³-hybridized carbons (Fsp3) is 0.500. The molecule has 2 aliphatic rings. The Morgan fingerprint density at radius 1 is 1.18 bits per heavy atom. The molecule has 0 spiro atoms. The van der Waals surface area contributed by atoms with E-state index in [2.05, 4.69) is 0 Å². The first-order valence-corrected chi connectivity index (χ1v) is 12.8. The molecule has 1 unspecified atom stereocenters. The van der Waals surface area contributed by atoms with Crippen molar-refractivity contribution >= 4 is 11.6 Å². The molecule has 6 atom stereocenters. The van der Waals surface area contributed by atoms with Crippen LogP contribution in [0.25, 0.3) is 0 Å². The van der Waals surface area contributed by atoms with Crippen molar-refractivity contribution < 1.29 is 53.9 Å². The molecule has 214 valence electrons. The highest BCUT2D eigenvalue weighted by atomic mass is 17.2. The Bertz CT molecular complexity index is 1090. The highest BCUT2D eigenvalue weighted by Gasteiger charge is 2.62. The maximum absolute atomic E-state index is 13.3. The van der Waals surface area contributed by atoms with Crippen LogP contribution < -0.4 is 4.74 Å². The fourth-order valence-corrected chi connectivity index (χ4v) is 4.38. The molecular formula is C28H36O11. The minimum atomic E-state index is -2.38. The molecule has 3 rings (SSSR count). The van der Waals surface area contributed by atoms with E-state index in [9.17, 15) is 24.9 Å². The molecule has 1 aliphatic carbocycles. The normalized spacial score (nSPS) is 28.9. The van der Waals surface area contributed by atoms with Crippen molar-refractivity contribution in [2.45, 2.75) is 64.3 Å². The molecule has 1 saturated heterocycles. The predicted octanol–water partition coefficient (Wildman–Crippen LogP) is 2.74. The number of carbonyl (C=O) groups excluding carboxylic acids is 2. The topological polar surface area (TPSA) is 150 Å². The molecule has 1 aromatic rings. The summed E-state index contributed by atoms with van der Waals surface area (Å²) >= 11 is 0. The summed E-state index contributed by atoms with van der Waals surface area (Å²) in [6.07, 6.45) is 3.76. The number of hydrogen-bond donors (Lipinski definition) is 3. The zero-order valence-corrected chi connectivity index (χ0v) is 22.4. The number of hydrogen-bond acceptors (Lipinski definition) is 11. The lowest BCUT2D eigenvalue weighted by atomic mass is 9.90.